The van der Waals surface area contributed by atoms with Gasteiger partial charge in [0.1, 0.15) is 6.61 Å². The first kappa shape index (κ1) is 27.1. The number of nitrogens with zero attached hydrogens (tertiary/aromatic N) is 1. The minimum atomic E-state index is -3.98. The van der Waals surface area contributed by atoms with Crippen molar-refractivity contribution in [1.29, 1.82) is 0 Å². The van der Waals surface area contributed by atoms with Crippen LogP contribution >= 0.6 is 34.8 Å². The quantitative estimate of drug-likeness (QED) is 0.275. The monoisotopic (exact) mass is 554 g/mol. The number of benzene rings is 3. The molecule has 35 heavy (non-hydrogen) atoms. The second-order valence-corrected chi connectivity index (χ2v) is 10.9. The van der Waals surface area contributed by atoms with Crippen LogP contribution < -0.4 is 9.62 Å². The van der Waals surface area contributed by atoms with Crippen molar-refractivity contribution in [2.75, 3.05) is 10.8 Å². The Kier molecular flexibility index (Phi) is 9.69. The smallest absolute Gasteiger partial charge is 0.407 e. The Hall–Kier alpha value is -2.45. The van der Waals surface area contributed by atoms with E-state index in [0.29, 0.717) is 29.4 Å². The van der Waals surface area contributed by atoms with Crippen LogP contribution in [0.5, 0.6) is 0 Å². The molecule has 0 aliphatic heterocycles. The number of carbonyl (C=O) groups excluding carboxylic acids is 1. The summed E-state index contributed by atoms with van der Waals surface area (Å²) in [5.41, 5.74) is 1.16. The molecule has 0 aliphatic rings. The molecule has 10 heteroatoms. The van der Waals surface area contributed by atoms with Gasteiger partial charge < -0.3 is 10.1 Å². The fraction of sp³-hybridized carbons (Fsp3) is 0.240. The SMILES string of the molecule is CC(CCCNC(=O)OCc1ccccc1)N(c1cc(Cl)ccc1Cl)S(=O)(=O)c1ccc(Cl)cc1. The van der Waals surface area contributed by atoms with Crippen LogP contribution in [-0.4, -0.2) is 27.1 Å². The maximum atomic E-state index is 13.6. The fourth-order valence-corrected chi connectivity index (χ4v) is 5.71. The predicted molar refractivity (Wildman–Crippen MR) is 141 cm³/mol. The number of anilines is 1. The third-order valence-corrected chi connectivity index (χ3v) is 7.95. The van der Waals surface area contributed by atoms with Crippen LogP contribution in [0.15, 0.2) is 77.7 Å². The van der Waals surface area contributed by atoms with Crippen molar-refractivity contribution in [3.05, 3.63) is 93.4 Å². The highest BCUT2D eigenvalue weighted by molar-refractivity contribution is 7.92. The summed E-state index contributed by atoms with van der Waals surface area (Å²) in [5, 5.41) is 3.73. The molecule has 0 fully saturated rings. The van der Waals surface area contributed by atoms with Crippen molar-refractivity contribution in [2.24, 2.45) is 0 Å². The number of sulfonamides is 1. The van der Waals surface area contributed by atoms with Crippen molar-refractivity contribution in [2.45, 2.75) is 37.3 Å². The zero-order valence-corrected chi connectivity index (χ0v) is 22.0. The molecule has 0 heterocycles. The summed E-state index contributed by atoms with van der Waals surface area (Å²) >= 11 is 18.5. The van der Waals surface area contributed by atoms with E-state index in [9.17, 15) is 13.2 Å². The molecule has 186 valence electrons. The molecule has 1 amide bonds. The van der Waals surface area contributed by atoms with E-state index >= 15 is 0 Å². The van der Waals surface area contributed by atoms with Crippen molar-refractivity contribution >= 4 is 56.6 Å². The first-order valence-corrected chi connectivity index (χ1v) is 13.5. The highest BCUT2D eigenvalue weighted by atomic mass is 35.5. The second-order valence-electron chi connectivity index (χ2n) is 7.83. The zero-order valence-electron chi connectivity index (χ0n) is 19.0. The van der Waals surface area contributed by atoms with Gasteiger partial charge in [-0.05, 0) is 67.8 Å². The number of alkyl carbamates (subject to hydrolysis) is 1. The Morgan fingerprint density at radius 2 is 1.63 bits per heavy atom. The Balaban J connectivity index is 1.68. The number of rotatable bonds is 10. The number of hydrogen-bond acceptors (Lipinski definition) is 4. The van der Waals surface area contributed by atoms with Crippen molar-refractivity contribution in [3.63, 3.8) is 0 Å². The summed E-state index contributed by atoms with van der Waals surface area (Å²) in [4.78, 5) is 12.1. The second kappa shape index (κ2) is 12.5. The normalized spacial score (nSPS) is 12.1. The van der Waals surface area contributed by atoms with E-state index in [1.165, 1.54) is 34.6 Å². The lowest BCUT2D eigenvalue weighted by Crippen LogP contribution is -2.39. The molecule has 3 aromatic carbocycles. The zero-order chi connectivity index (χ0) is 25.4. The molecule has 1 N–H and O–H groups in total. The fourth-order valence-electron chi connectivity index (χ4n) is 3.46. The Labute approximate surface area is 220 Å². The Bertz CT molecular complexity index is 1240. The average Bonchev–Trinajstić information content (AvgIpc) is 2.83. The van der Waals surface area contributed by atoms with Crippen LogP contribution in [0, 0.1) is 0 Å². The van der Waals surface area contributed by atoms with E-state index in [1.54, 1.807) is 19.1 Å². The maximum Gasteiger partial charge on any atom is 0.407 e. The van der Waals surface area contributed by atoms with E-state index in [2.05, 4.69) is 5.32 Å². The summed E-state index contributed by atoms with van der Waals surface area (Å²) in [6.07, 6.45) is 0.408. The average molecular weight is 556 g/mol. The summed E-state index contributed by atoms with van der Waals surface area (Å²) in [6, 6.07) is 19.5. The summed E-state index contributed by atoms with van der Waals surface area (Å²) in [6.45, 7) is 2.26. The first-order chi connectivity index (χ1) is 16.7. The van der Waals surface area contributed by atoms with Crippen LogP contribution in [0.3, 0.4) is 0 Å². The number of nitrogens with one attached hydrogen (secondary N) is 1. The van der Waals surface area contributed by atoms with Gasteiger partial charge in [0, 0.05) is 22.6 Å². The van der Waals surface area contributed by atoms with Crippen molar-refractivity contribution < 1.29 is 17.9 Å². The van der Waals surface area contributed by atoms with Gasteiger partial charge in [-0.1, -0.05) is 65.1 Å². The lowest BCUT2D eigenvalue weighted by molar-refractivity contribution is 0.139. The van der Waals surface area contributed by atoms with Gasteiger partial charge in [-0.25, -0.2) is 13.2 Å². The number of halogens is 3. The van der Waals surface area contributed by atoms with Gasteiger partial charge in [0.25, 0.3) is 10.0 Å². The molecule has 1 atom stereocenters. The standard InChI is InChI=1S/C25H25Cl3N2O4S/c1-18(6-5-15-29-25(31)34-17-19-7-3-2-4-8-19)30(24-16-21(27)11-14-23(24)28)35(32,33)22-12-9-20(26)10-13-22/h2-4,7-14,16,18H,5-6,15,17H2,1H3,(H,29,31). The van der Waals surface area contributed by atoms with E-state index < -0.39 is 22.2 Å². The largest absolute Gasteiger partial charge is 0.445 e. The van der Waals surface area contributed by atoms with Crippen LogP contribution in [0.4, 0.5) is 10.5 Å². The van der Waals surface area contributed by atoms with E-state index in [1.807, 2.05) is 30.3 Å². The van der Waals surface area contributed by atoms with Gasteiger partial charge in [0.15, 0.2) is 0 Å². The summed E-state index contributed by atoms with van der Waals surface area (Å²) < 4.78 is 33.7. The highest BCUT2D eigenvalue weighted by Gasteiger charge is 2.31. The van der Waals surface area contributed by atoms with Crippen LogP contribution in [0.2, 0.25) is 15.1 Å². The first-order valence-electron chi connectivity index (χ1n) is 10.9. The number of amides is 1. The third-order valence-electron chi connectivity index (χ3n) is 5.20. The van der Waals surface area contributed by atoms with E-state index in [4.69, 9.17) is 39.5 Å². The molecule has 0 saturated heterocycles. The molecule has 3 rings (SSSR count). The van der Waals surface area contributed by atoms with Gasteiger partial charge in [0.05, 0.1) is 15.6 Å². The van der Waals surface area contributed by atoms with Crippen LogP contribution in [0.25, 0.3) is 0 Å². The minimum Gasteiger partial charge on any atom is -0.445 e. The van der Waals surface area contributed by atoms with Crippen LogP contribution in [-0.2, 0) is 21.4 Å². The molecular formula is C25H25Cl3N2O4S. The summed E-state index contributed by atoms with van der Waals surface area (Å²) in [5.74, 6) is 0. The highest BCUT2D eigenvalue weighted by Crippen LogP contribution is 2.35. The van der Waals surface area contributed by atoms with Crippen molar-refractivity contribution in [1.82, 2.24) is 5.32 Å². The van der Waals surface area contributed by atoms with E-state index in [0.717, 1.165) is 5.56 Å². The Morgan fingerprint density at radius 1 is 0.971 bits per heavy atom. The van der Waals surface area contributed by atoms with Gasteiger partial charge in [0.2, 0.25) is 0 Å². The molecule has 0 spiro atoms. The lowest BCUT2D eigenvalue weighted by Gasteiger charge is -2.31. The van der Waals surface area contributed by atoms with Gasteiger partial charge in [-0.2, -0.15) is 0 Å². The molecule has 0 aromatic heterocycles. The topological polar surface area (TPSA) is 75.7 Å². The van der Waals surface area contributed by atoms with Gasteiger partial charge in [-0.15, -0.1) is 0 Å². The maximum absolute atomic E-state index is 13.6. The predicted octanol–water partition coefficient (Wildman–Crippen LogP) is 6.94. The molecule has 0 saturated carbocycles. The molecule has 0 radical (unpaired) electrons. The van der Waals surface area contributed by atoms with Gasteiger partial charge in [-0.3, -0.25) is 4.31 Å². The molecule has 3 aromatic rings. The lowest BCUT2D eigenvalue weighted by atomic mass is 10.1. The molecule has 0 aliphatic carbocycles. The minimum absolute atomic E-state index is 0.0763. The number of carbonyl (C=O) groups is 1. The molecule has 6 nitrogen and oxygen atoms in total. The summed E-state index contributed by atoms with van der Waals surface area (Å²) in [7, 11) is -3.98. The molecule has 1 unspecified atom stereocenters. The molecule has 0 bridgehead atoms. The Morgan fingerprint density at radius 3 is 2.31 bits per heavy atom. The van der Waals surface area contributed by atoms with Crippen LogP contribution in [0.1, 0.15) is 25.3 Å². The number of hydrogen-bond donors (Lipinski definition) is 1. The van der Waals surface area contributed by atoms with Crippen molar-refractivity contribution in [3.8, 4) is 0 Å². The number of ether oxygens (including phenoxy) is 1. The third kappa shape index (κ3) is 7.51. The molecular weight excluding hydrogens is 531 g/mol. The van der Waals surface area contributed by atoms with E-state index in [-0.39, 0.29) is 22.2 Å². The van der Waals surface area contributed by atoms with Gasteiger partial charge >= 0.3 is 6.09 Å².